The highest BCUT2D eigenvalue weighted by atomic mass is 19.1. The van der Waals surface area contributed by atoms with Crippen LogP contribution in [0.4, 0.5) is 4.39 Å². The first kappa shape index (κ1) is 18.9. The van der Waals surface area contributed by atoms with Gasteiger partial charge in [-0.25, -0.2) is 9.18 Å². The number of hydrogen-bond acceptors (Lipinski definition) is 3. The fourth-order valence-electron chi connectivity index (χ4n) is 3.94. The molecular formula is C23H26FNO3. The van der Waals surface area contributed by atoms with Crippen molar-refractivity contribution in [2.75, 3.05) is 13.1 Å². The Morgan fingerprint density at radius 3 is 2.64 bits per heavy atom. The quantitative estimate of drug-likeness (QED) is 0.782. The number of ether oxygens (including phenoxy) is 1. The normalized spacial score (nSPS) is 20.1. The summed E-state index contributed by atoms with van der Waals surface area (Å²) < 4.78 is 20.5. The van der Waals surface area contributed by atoms with Crippen LogP contribution in [0.2, 0.25) is 0 Å². The molecular weight excluding hydrogens is 357 g/mol. The fourth-order valence-corrected chi connectivity index (χ4v) is 3.94. The summed E-state index contributed by atoms with van der Waals surface area (Å²) in [5.74, 6) is -1.14. The minimum absolute atomic E-state index is 0.00761. The van der Waals surface area contributed by atoms with E-state index < -0.39 is 11.8 Å². The van der Waals surface area contributed by atoms with Crippen molar-refractivity contribution in [1.29, 1.82) is 0 Å². The van der Waals surface area contributed by atoms with Crippen LogP contribution in [0.1, 0.15) is 58.6 Å². The van der Waals surface area contributed by atoms with E-state index >= 15 is 0 Å². The average molecular weight is 383 g/mol. The van der Waals surface area contributed by atoms with Gasteiger partial charge in [-0.15, -0.1) is 0 Å². The lowest BCUT2D eigenvalue weighted by Crippen LogP contribution is -2.40. The fraction of sp³-hybridized carbons (Fsp3) is 0.435. The van der Waals surface area contributed by atoms with Gasteiger partial charge in [-0.3, -0.25) is 4.90 Å². The minimum Gasteiger partial charge on any atom is -0.489 e. The van der Waals surface area contributed by atoms with Crippen LogP contribution >= 0.6 is 0 Å². The van der Waals surface area contributed by atoms with Gasteiger partial charge in [0, 0.05) is 19.2 Å². The van der Waals surface area contributed by atoms with E-state index in [0.29, 0.717) is 11.7 Å². The molecule has 0 bridgehead atoms. The number of hydrogen-bond donors (Lipinski definition) is 1. The van der Waals surface area contributed by atoms with E-state index in [1.807, 2.05) is 0 Å². The van der Waals surface area contributed by atoms with Crippen LogP contribution in [-0.4, -0.2) is 35.2 Å². The molecule has 2 aromatic carbocycles. The molecule has 0 radical (unpaired) electrons. The zero-order valence-corrected chi connectivity index (χ0v) is 16.2. The standard InChI is InChI=1S/C23H26FNO3/c1-15-4-6-16(7-5-15)13-25-10-2-3-18(14-25)28-22-12-21(24)20(23(26)27)11-19(22)17-8-9-17/h4-7,11-12,17-18H,2-3,8-10,13-14H2,1H3,(H,26,27)/t18-/m1/s1. The molecule has 1 aliphatic carbocycles. The van der Waals surface area contributed by atoms with Gasteiger partial charge >= 0.3 is 5.97 Å². The number of aryl methyl sites for hydroxylation is 1. The maximum Gasteiger partial charge on any atom is 0.338 e. The van der Waals surface area contributed by atoms with Gasteiger partial charge < -0.3 is 9.84 Å². The molecule has 1 saturated carbocycles. The third-order valence-electron chi connectivity index (χ3n) is 5.63. The van der Waals surface area contributed by atoms with E-state index in [1.165, 1.54) is 23.3 Å². The summed E-state index contributed by atoms with van der Waals surface area (Å²) in [6.45, 7) is 4.78. The lowest BCUT2D eigenvalue weighted by molar-refractivity contribution is 0.0690. The number of benzene rings is 2. The molecule has 1 N–H and O–H groups in total. The molecule has 2 fully saturated rings. The molecule has 4 nitrogen and oxygen atoms in total. The molecule has 0 amide bonds. The molecule has 148 valence electrons. The molecule has 0 unspecified atom stereocenters. The van der Waals surface area contributed by atoms with Crippen LogP contribution in [0.25, 0.3) is 0 Å². The van der Waals surface area contributed by atoms with Gasteiger partial charge in [-0.2, -0.15) is 0 Å². The second-order valence-corrected chi connectivity index (χ2v) is 8.05. The Balaban J connectivity index is 1.47. The van der Waals surface area contributed by atoms with Gasteiger partial charge in [0.2, 0.25) is 0 Å². The number of halogens is 1. The summed E-state index contributed by atoms with van der Waals surface area (Å²) in [4.78, 5) is 13.6. The summed E-state index contributed by atoms with van der Waals surface area (Å²) >= 11 is 0. The van der Waals surface area contributed by atoms with Crippen molar-refractivity contribution in [3.63, 3.8) is 0 Å². The first-order valence-corrected chi connectivity index (χ1v) is 10.0. The molecule has 2 aromatic rings. The zero-order valence-electron chi connectivity index (χ0n) is 16.2. The van der Waals surface area contributed by atoms with Crippen molar-refractivity contribution in [1.82, 2.24) is 4.90 Å². The number of piperidine rings is 1. The Morgan fingerprint density at radius 2 is 1.96 bits per heavy atom. The average Bonchev–Trinajstić information content (AvgIpc) is 3.49. The molecule has 1 heterocycles. The molecule has 0 spiro atoms. The van der Waals surface area contributed by atoms with Crippen LogP contribution in [0.3, 0.4) is 0 Å². The Morgan fingerprint density at radius 1 is 1.21 bits per heavy atom. The van der Waals surface area contributed by atoms with Gasteiger partial charge in [-0.05, 0) is 62.3 Å². The summed E-state index contributed by atoms with van der Waals surface area (Å²) in [5.41, 5.74) is 3.11. The molecule has 4 rings (SSSR count). The molecule has 0 aromatic heterocycles. The van der Waals surface area contributed by atoms with Crippen LogP contribution in [0.15, 0.2) is 36.4 Å². The Labute approximate surface area is 164 Å². The van der Waals surface area contributed by atoms with Gasteiger partial charge in [0.15, 0.2) is 0 Å². The number of carboxylic acids is 1. The monoisotopic (exact) mass is 383 g/mol. The van der Waals surface area contributed by atoms with Gasteiger partial charge in [0.1, 0.15) is 17.7 Å². The van der Waals surface area contributed by atoms with Crippen LogP contribution in [-0.2, 0) is 6.54 Å². The van der Waals surface area contributed by atoms with Crippen molar-refractivity contribution in [2.45, 2.75) is 51.2 Å². The highest BCUT2D eigenvalue weighted by molar-refractivity contribution is 5.88. The van der Waals surface area contributed by atoms with Gasteiger partial charge in [-0.1, -0.05) is 29.8 Å². The number of nitrogens with zero attached hydrogens (tertiary/aromatic N) is 1. The van der Waals surface area contributed by atoms with Crippen molar-refractivity contribution in [3.05, 3.63) is 64.5 Å². The topological polar surface area (TPSA) is 49.8 Å². The second-order valence-electron chi connectivity index (χ2n) is 8.05. The molecule has 2 aliphatic rings. The first-order valence-electron chi connectivity index (χ1n) is 10.0. The minimum atomic E-state index is -1.23. The van der Waals surface area contributed by atoms with E-state index in [2.05, 4.69) is 36.1 Å². The smallest absolute Gasteiger partial charge is 0.338 e. The summed E-state index contributed by atoms with van der Waals surface area (Å²) in [6, 6.07) is 11.3. The zero-order chi connectivity index (χ0) is 19.7. The lowest BCUT2D eigenvalue weighted by atomic mass is 10.0. The Kier molecular flexibility index (Phi) is 5.36. The third kappa shape index (κ3) is 4.36. The van der Waals surface area contributed by atoms with Crippen molar-refractivity contribution < 1.29 is 19.0 Å². The maximum absolute atomic E-state index is 14.2. The lowest BCUT2D eigenvalue weighted by Gasteiger charge is -2.33. The largest absolute Gasteiger partial charge is 0.489 e. The third-order valence-corrected chi connectivity index (χ3v) is 5.63. The van der Waals surface area contributed by atoms with Gasteiger partial charge in [0.25, 0.3) is 0 Å². The molecule has 1 aliphatic heterocycles. The van der Waals surface area contributed by atoms with Crippen molar-refractivity contribution >= 4 is 5.97 Å². The Hall–Kier alpha value is -2.40. The van der Waals surface area contributed by atoms with E-state index in [0.717, 1.165) is 50.9 Å². The summed E-state index contributed by atoms with van der Waals surface area (Å²) in [7, 11) is 0. The Bertz CT molecular complexity index is 861. The highest BCUT2D eigenvalue weighted by Gasteiger charge is 2.31. The van der Waals surface area contributed by atoms with E-state index in [9.17, 15) is 14.3 Å². The summed E-state index contributed by atoms with van der Waals surface area (Å²) in [6.07, 6.45) is 3.96. The maximum atomic E-state index is 14.2. The highest BCUT2D eigenvalue weighted by Crippen LogP contribution is 2.45. The first-order chi connectivity index (χ1) is 13.5. The number of rotatable bonds is 6. The van der Waals surface area contributed by atoms with E-state index in [1.54, 1.807) is 0 Å². The van der Waals surface area contributed by atoms with Crippen LogP contribution < -0.4 is 4.74 Å². The molecule has 1 saturated heterocycles. The van der Waals surface area contributed by atoms with Crippen LogP contribution in [0.5, 0.6) is 5.75 Å². The molecule has 28 heavy (non-hydrogen) atoms. The van der Waals surface area contributed by atoms with E-state index in [-0.39, 0.29) is 11.7 Å². The molecule has 1 atom stereocenters. The van der Waals surface area contributed by atoms with Gasteiger partial charge in [0.05, 0.1) is 5.56 Å². The molecule has 5 heteroatoms. The predicted molar refractivity (Wildman–Crippen MR) is 105 cm³/mol. The SMILES string of the molecule is Cc1ccc(CN2CCC[C@@H](Oc3cc(F)c(C(=O)O)cc3C3CC3)C2)cc1. The van der Waals surface area contributed by atoms with E-state index in [4.69, 9.17) is 4.74 Å². The number of carbonyl (C=O) groups is 1. The predicted octanol–water partition coefficient (Wildman–Crippen LogP) is 4.75. The number of aromatic carboxylic acids is 1. The van der Waals surface area contributed by atoms with Crippen molar-refractivity contribution in [2.24, 2.45) is 0 Å². The number of likely N-dealkylation sites (tertiary alicyclic amines) is 1. The summed E-state index contributed by atoms with van der Waals surface area (Å²) in [5, 5.41) is 9.21. The number of carboxylic acid groups (broad SMARTS) is 1. The van der Waals surface area contributed by atoms with Crippen molar-refractivity contribution in [3.8, 4) is 5.75 Å². The van der Waals surface area contributed by atoms with Crippen LogP contribution in [0, 0.1) is 12.7 Å². The second kappa shape index (κ2) is 7.92.